The van der Waals surface area contributed by atoms with E-state index in [0.717, 1.165) is 47.8 Å². The van der Waals surface area contributed by atoms with Crippen LogP contribution in [0.3, 0.4) is 0 Å². The molecular weight excluding hydrogens is 352 g/mol. The molecule has 4 heterocycles. The number of carbonyl (C=O) groups is 1. The molecule has 4 rings (SSSR count). The van der Waals surface area contributed by atoms with Crippen molar-refractivity contribution in [2.45, 2.75) is 26.3 Å². The fourth-order valence-corrected chi connectivity index (χ4v) is 3.31. The molecule has 7 nitrogen and oxygen atoms in total. The second kappa shape index (κ2) is 8.12. The smallest absolute Gasteiger partial charge is 0.219 e. The Morgan fingerprint density at radius 1 is 1.11 bits per heavy atom. The van der Waals surface area contributed by atoms with Crippen molar-refractivity contribution in [3.8, 4) is 11.5 Å². The van der Waals surface area contributed by atoms with E-state index >= 15 is 0 Å². The van der Waals surface area contributed by atoms with Gasteiger partial charge in [0.2, 0.25) is 5.91 Å². The molecule has 0 aromatic carbocycles. The lowest BCUT2D eigenvalue weighted by atomic mass is 10.0. The molecular formula is C21H22N6O. The number of amides is 1. The molecule has 3 aromatic heterocycles. The average Bonchev–Trinajstić information content (AvgIpc) is 2.74. The number of hydrogen-bond donors (Lipinski definition) is 1. The molecule has 0 spiro atoms. The maximum absolute atomic E-state index is 11.8. The van der Waals surface area contributed by atoms with Gasteiger partial charge in [-0.15, -0.1) is 0 Å². The van der Waals surface area contributed by atoms with E-state index in [-0.39, 0.29) is 5.91 Å². The Labute approximate surface area is 163 Å². The summed E-state index contributed by atoms with van der Waals surface area (Å²) in [5.74, 6) is 1.46. The Balaban J connectivity index is 1.62. The van der Waals surface area contributed by atoms with Gasteiger partial charge in [0.05, 0.1) is 12.2 Å². The van der Waals surface area contributed by atoms with Crippen LogP contribution >= 0.6 is 0 Å². The van der Waals surface area contributed by atoms with Crippen molar-refractivity contribution in [2.24, 2.45) is 0 Å². The van der Waals surface area contributed by atoms with Gasteiger partial charge >= 0.3 is 0 Å². The number of carbonyl (C=O) groups excluding carboxylic acids is 1. The lowest BCUT2D eigenvalue weighted by Crippen LogP contribution is -2.35. The van der Waals surface area contributed by atoms with Gasteiger partial charge in [0.15, 0.2) is 5.82 Å². The van der Waals surface area contributed by atoms with Crippen LogP contribution in [0.2, 0.25) is 0 Å². The molecule has 1 N–H and O–H groups in total. The third-order valence-electron chi connectivity index (χ3n) is 4.80. The second-order valence-electron chi connectivity index (χ2n) is 6.72. The van der Waals surface area contributed by atoms with Gasteiger partial charge in [-0.3, -0.25) is 14.8 Å². The van der Waals surface area contributed by atoms with Gasteiger partial charge in [-0.05, 0) is 30.7 Å². The third kappa shape index (κ3) is 3.98. The molecule has 28 heavy (non-hydrogen) atoms. The van der Waals surface area contributed by atoms with Gasteiger partial charge in [-0.2, -0.15) is 0 Å². The van der Waals surface area contributed by atoms with E-state index in [9.17, 15) is 4.79 Å². The van der Waals surface area contributed by atoms with Gasteiger partial charge in [-0.1, -0.05) is 12.1 Å². The van der Waals surface area contributed by atoms with Crippen LogP contribution in [0, 0.1) is 0 Å². The fraction of sp³-hybridized carbons (Fsp3) is 0.286. The SMILES string of the molecule is CC(=O)N1CCc2c(nc(-c3ccccn3)nc2NCCc2ccccn2)C1. The van der Waals surface area contributed by atoms with Crippen LogP contribution in [-0.4, -0.2) is 43.8 Å². The number of pyridine rings is 2. The molecule has 1 amide bonds. The first kappa shape index (κ1) is 18.0. The summed E-state index contributed by atoms with van der Waals surface area (Å²) in [6, 6.07) is 11.6. The predicted octanol–water partition coefficient (Wildman–Crippen LogP) is 2.49. The number of rotatable bonds is 5. The number of nitrogens with zero attached hydrogens (tertiary/aromatic N) is 5. The summed E-state index contributed by atoms with van der Waals surface area (Å²) < 4.78 is 0. The molecule has 0 atom stereocenters. The number of aromatic nitrogens is 4. The van der Waals surface area contributed by atoms with Crippen LogP contribution in [0.1, 0.15) is 23.9 Å². The van der Waals surface area contributed by atoms with Gasteiger partial charge in [0, 0.05) is 50.1 Å². The van der Waals surface area contributed by atoms with E-state index in [4.69, 9.17) is 9.97 Å². The number of anilines is 1. The highest BCUT2D eigenvalue weighted by Crippen LogP contribution is 2.26. The van der Waals surface area contributed by atoms with E-state index in [1.54, 1.807) is 19.3 Å². The molecule has 0 saturated heterocycles. The van der Waals surface area contributed by atoms with Crippen molar-refractivity contribution in [1.29, 1.82) is 0 Å². The average molecular weight is 374 g/mol. The number of nitrogens with one attached hydrogen (secondary N) is 1. The van der Waals surface area contributed by atoms with Gasteiger partial charge < -0.3 is 10.2 Å². The van der Waals surface area contributed by atoms with Crippen molar-refractivity contribution in [2.75, 3.05) is 18.4 Å². The lowest BCUT2D eigenvalue weighted by molar-refractivity contribution is -0.129. The van der Waals surface area contributed by atoms with E-state index in [1.165, 1.54) is 0 Å². The Kier molecular flexibility index (Phi) is 5.23. The van der Waals surface area contributed by atoms with Crippen molar-refractivity contribution in [1.82, 2.24) is 24.8 Å². The minimum atomic E-state index is 0.0632. The Morgan fingerprint density at radius 3 is 2.64 bits per heavy atom. The normalized spacial score (nSPS) is 13.1. The molecule has 0 radical (unpaired) electrons. The zero-order chi connectivity index (χ0) is 19.3. The zero-order valence-corrected chi connectivity index (χ0v) is 15.8. The molecule has 0 bridgehead atoms. The van der Waals surface area contributed by atoms with E-state index in [2.05, 4.69) is 15.3 Å². The first-order valence-electron chi connectivity index (χ1n) is 9.41. The van der Waals surface area contributed by atoms with Gasteiger partial charge in [-0.25, -0.2) is 9.97 Å². The van der Waals surface area contributed by atoms with Gasteiger partial charge in [0.1, 0.15) is 11.5 Å². The highest BCUT2D eigenvalue weighted by Gasteiger charge is 2.24. The van der Waals surface area contributed by atoms with E-state index in [0.29, 0.717) is 18.9 Å². The maximum Gasteiger partial charge on any atom is 0.219 e. The first-order chi connectivity index (χ1) is 13.7. The summed E-state index contributed by atoms with van der Waals surface area (Å²) in [6.45, 7) is 3.50. The Morgan fingerprint density at radius 2 is 1.93 bits per heavy atom. The predicted molar refractivity (Wildman–Crippen MR) is 106 cm³/mol. The minimum absolute atomic E-state index is 0.0632. The quantitative estimate of drug-likeness (QED) is 0.739. The molecule has 1 aliphatic heterocycles. The molecule has 0 aliphatic carbocycles. The summed E-state index contributed by atoms with van der Waals surface area (Å²) in [5, 5.41) is 3.45. The summed E-state index contributed by atoms with van der Waals surface area (Å²) >= 11 is 0. The topological polar surface area (TPSA) is 83.9 Å². The summed E-state index contributed by atoms with van der Waals surface area (Å²) in [7, 11) is 0. The van der Waals surface area contributed by atoms with Crippen LogP contribution in [0.5, 0.6) is 0 Å². The third-order valence-corrected chi connectivity index (χ3v) is 4.80. The van der Waals surface area contributed by atoms with Gasteiger partial charge in [0.25, 0.3) is 0 Å². The molecule has 0 unspecified atom stereocenters. The lowest BCUT2D eigenvalue weighted by Gasteiger charge is -2.28. The zero-order valence-electron chi connectivity index (χ0n) is 15.8. The second-order valence-corrected chi connectivity index (χ2v) is 6.72. The molecule has 3 aromatic rings. The molecule has 0 saturated carbocycles. The van der Waals surface area contributed by atoms with Crippen molar-refractivity contribution in [3.05, 3.63) is 65.7 Å². The maximum atomic E-state index is 11.8. The largest absolute Gasteiger partial charge is 0.369 e. The van der Waals surface area contributed by atoms with Crippen molar-refractivity contribution >= 4 is 11.7 Å². The fourth-order valence-electron chi connectivity index (χ4n) is 3.31. The van der Waals surface area contributed by atoms with Crippen LogP contribution < -0.4 is 5.32 Å². The van der Waals surface area contributed by atoms with Crippen LogP contribution in [-0.2, 0) is 24.2 Å². The van der Waals surface area contributed by atoms with E-state index < -0.39 is 0 Å². The molecule has 7 heteroatoms. The molecule has 142 valence electrons. The molecule has 0 fully saturated rings. The number of fused-ring (bicyclic) bond motifs is 1. The standard InChI is InChI=1S/C21H22N6O/c1-15(28)27-13-9-17-19(14-27)25-21(18-7-3-5-11-23-18)26-20(17)24-12-8-16-6-2-4-10-22-16/h2-7,10-11H,8-9,12-14H2,1H3,(H,24,25,26). The van der Waals surface area contributed by atoms with Crippen LogP contribution in [0.25, 0.3) is 11.5 Å². The van der Waals surface area contributed by atoms with E-state index in [1.807, 2.05) is 41.3 Å². The Hall–Kier alpha value is -3.35. The summed E-state index contributed by atoms with van der Waals surface area (Å²) in [6.07, 6.45) is 5.08. The van der Waals surface area contributed by atoms with Crippen LogP contribution in [0.15, 0.2) is 48.8 Å². The van der Waals surface area contributed by atoms with Crippen LogP contribution in [0.4, 0.5) is 5.82 Å². The monoisotopic (exact) mass is 374 g/mol. The minimum Gasteiger partial charge on any atom is -0.369 e. The summed E-state index contributed by atoms with van der Waals surface area (Å²) in [4.78, 5) is 31.9. The molecule has 1 aliphatic rings. The number of hydrogen-bond acceptors (Lipinski definition) is 6. The summed E-state index contributed by atoms with van der Waals surface area (Å²) in [5.41, 5.74) is 3.72. The highest BCUT2D eigenvalue weighted by molar-refractivity contribution is 5.74. The van der Waals surface area contributed by atoms with Crippen molar-refractivity contribution in [3.63, 3.8) is 0 Å². The highest BCUT2D eigenvalue weighted by atomic mass is 16.2. The first-order valence-corrected chi connectivity index (χ1v) is 9.41. The van der Waals surface area contributed by atoms with Crippen molar-refractivity contribution < 1.29 is 4.79 Å². The Bertz CT molecular complexity index is 961.